The lowest BCUT2D eigenvalue weighted by Crippen LogP contribution is -2.21. The van der Waals surface area contributed by atoms with Crippen molar-refractivity contribution in [2.75, 3.05) is 10.6 Å². The summed E-state index contributed by atoms with van der Waals surface area (Å²) in [6, 6.07) is 14.1. The normalized spacial score (nSPS) is 10.5. The van der Waals surface area contributed by atoms with Crippen LogP contribution in [0.15, 0.2) is 53.0 Å². The van der Waals surface area contributed by atoms with E-state index in [9.17, 15) is 9.59 Å². The van der Waals surface area contributed by atoms with Gasteiger partial charge in [-0.1, -0.05) is 44.9 Å². The maximum atomic E-state index is 12.4. The second kappa shape index (κ2) is 8.32. The molecule has 7 nitrogen and oxygen atoms in total. The Labute approximate surface area is 168 Å². The Morgan fingerprint density at radius 3 is 2.52 bits per heavy atom. The van der Waals surface area contributed by atoms with Crippen molar-refractivity contribution in [1.29, 1.82) is 0 Å². The molecule has 2 N–H and O–H groups in total. The van der Waals surface area contributed by atoms with E-state index in [1.807, 2.05) is 12.1 Å². The van der Waals surface area contributed by atoms with Crippen LogP contribution in [0.4, 0.5) is 11.4 Å². The molecule has 0 saturated heterocycles. The molecule has 0 radical (unpaired) electrons. The number of rotatable bonds is 5. The molecule has 9 heteroatoms. The van der Waals surface area contributed by atoms with Gasteiger partial charge >= 0.3 is 0 Å². The van der Waals surface area contributed by atoms with Crippen LogP contribution in [0.3, 0.4) is 0 Å². The van der Waals surface area contributed by atoms with Crippen molar-refractivity contribution in [3.8, 4) is 0 Å². The van der Waals surface area contributed by atoms with Gasteiger partial charge in [-0.3, -0.25) is 9.59 Å². The van der Waals surface area contributed by atoms with E-state index in [0.717, 1.165) is 4.47 Å². The number of aromatic nitrogens is 3. The van der Waals surface area contributed by atoms with Crippen molar-refractivity contribution in [1.82, 2.24) is 15.0 Å². The van der Waals surface area contributed by atoms with Gasteiger partial charge in [0.05, 0.1) is 16.4 Å². The van der Waals surface area contributed by atoms with Gasteiger partial charge in [-0.2, -0.15) is 0 Å². The largest absolute Gasteiger partial charge is 0.324 e. The first kappa shape index (κ1) is 19.1. The quantitative estimate of drug-likeness (QED) is 0.620. The predicted octanol–water partition coefficient (Wildman–Crippen LogP) is 3.89. The van der Waals surface area contributed by atoms with Gasteiger partial charge in [0.25, 0.3) is 5.91 Å². The van der Waals surface area contributed by atoms with Crippen LogP contribution in [0.2, 0.25) is 5.02 Å². The first-order valence-electron chi connectivity index (χ1n) is 7.95. The van der Waals surface area contributed by atoms with Gasteiger partial charge in [0.15, 0.2) is 5.69 Å². The molecule has 0 saturated carbocycles. The third-order valence-electron chi connectivity index (χ3n) is 3.74. The van der Waals surface area contributed by atoms with E-state index in [1.165, 1.54) is 4.68 Å². The summed E-state index contributed by atoms with van der Waals surface area (Å²) < 4.78 is 2.29. The summed E-state index contributed by atoms with van der Waals surface area (Å²) in [5, 5.41) is 13.7. The van der Waals surface area contributed by atoms with Crippen LogP contribution in [0.5, 0.6) is 0 Å². The highest BCUT2D eigenvalue weighted by molar-refractivity contribution is 9.10. The monoisotopic (exact) mass is 447 g/mol. The van der Waals surface area contributed by atoms with Crippen LogP contribution in [0.25, 0.3) is 0 Å². The average molecular weight is 449 g/mol. The second-order valence-corrected chi connectivity index (χ2v) is 6.99. The molecular weight excluding hydrogens is 434 g/mol. The van der Waals surface area contributed by atoms with Crippen LogP contribution in [0, 0.1) is 6.92 Å². The Morgan fingerprint density at radius 2 is 1.81 bits per heavy atom. The molecule has 3 aromatic rings. The lowest BCUT2D eigenvalue weighted by Gasteiger charge is -2.07. The number of benzene rings is 2. The molecule has 0 atom stereocenters. The van der Waals surface area contributed by atoms with Gasteiger partial charge in [-0.25, -0.2) is 4.68 Å². The van der Waals surface area contributed by atoms with Crippen molar-refractivity contribution in [3.63, 3.8) is 0 Å². The molecule has 2 aromatic carbocycles. The Kier molecular flexibility index (Phi) is 5.88. The lowest BCUT2D eigenvalue weighted by atomic mass is 10.2. The summed E-state index contributed by atoms with van der Waals surface area (Å²) in [5.74, 6) is -0.719. The zero-order valence-electron chi connectivity index (χ0n) is 14.2. The highest BCUT2D eigenvalue weighted by atomic mass is 79.9. The number of hydrogen-bond acceptors (Lipinski definition) is 4. The molecule has 2 amide bonds. The van der Waals surface area contributed by atoms with Crippen LogP contribution in [0.1, 0.15) is 16.2 Å². The van der Waals surface area contributed by atoms with Gasteiger partial charge in [-0.15, -0.1) is 5.10 Å². The summed E-state index contributed by atoms with van der Waals surface area (Å²) >= 11 is 9.38. The van der Waals surface area contributed by atoms with E-state index < -0.39 is 5.91 Å². The fourth-order valence-corrected chi connectivity index (χ4v) is 2.78. The van der Waals surface area contributed by atoms with E-state index in [4.69, 9.17) is 11.6 Å². The first-order valence-corrected chi connectivity index (χ1v) is 9.12. The zero-order chi connectivity index (χ0) is 19.4. The standard InChI is InChI=1S/C18H15BrClN5O2/c1-11-17(18(27)22-15-5-3-2-4-14(15)20)23-24-25(11)10-16(26)21-13-8-6-12(19)7-9-13/h2-9H,10H2,1H3,(H,21,26)(H,22,27). The van der Waals surface area contributed by atoms with Crippen LogP contribution >= 0.6 is 27.5 Å². The van der Waals surface area contributed by atoms with Gasteiger partial charge in [0.1, 0.15) is 6.54 Å². The number of anilines is 2. The van der Waals surface area contributed by atoms with Crippen molar-refractivity contribution >= 4 is 50.7 Å². The van der Waals surface area contributed by atoms with Gasteiger partial charge < -0.3 is 10.6 Å². The van der Waals surface area contributed by atoms with E-state index >= 15 is 0 Å². The van der Waals surface area contributed by atoms with E-state index in [2.05, 4.69) is 36.9 Å². The van der Waals surface area contributed by atoms with Crippen molar-refractivity contribution in [2.45, 2.75) is 13.5 Å². The van der Waals surface area contributed by atoms with Gasteiger partial charge in [0.2, 0.25) is 5.91 Å². The zero-order valence-corrected chi connectivity index (χ0v) is 16.6. The van der Waals surface area contributed by atoms with Crippen LogP contribution in [-0.2, 0) is 11.3 Å². The number of carbonyl (C=O) groups is 2. The molecule has 0 aliphatic heterocycles. The molecule has 0 bridgehead atoms. The molecule has 0 aliphatic carbocycles. The Hall–Kier alpha value is -2.71. The Balaban J connectivity index is 1.67. The van der Waals surface area contributed by atoms with Crippen LogP contribution < -0.4 is 10.6 Å². The molecule has 138 valence electrons. The Morgan fingerprint density at radius 1 is 1.11 bits per heavy atom. The summed E-state index contributed by atoms with van der Waals surface area (Å²) in [6.45, 7) is 1.61. The van der Waals surface area contributed by atoms with Crippen LogP contribution in [-0.4, -0.2) is 26.8 Å². The molecule has 0 fully saturated rings. The molecule has 0 unspecified atom stereocenters. The number of carbonyl (C=O) groups excluding carboxylic acids is 2. The summed E-state index contributed by atoms with van der Waals surface area (Å²) in [5.41, 5.74) is 1.75. The van der Waals surface area contributed by atoms with E-state index in [0.29, 0.717) is 22.1 Å². The van der Waals surface area contributed by atoms with Crippen molar-refractivity contribution in [3.05, 3.63) is 69.4 Å². The lowest BCUT2D eigenvalue weighted by molar-refractivity contribution is -0.117. The first-order chi connectivity index (χ1) is 12.9. The molecule has 1 aromatic heterocycles. The number of nitrogens with zero attached hydrogens (tertiary/aromatic N) is 3. The molecule has 0 aliphatic rings. The fraction of sp³-hybridized carbons (Fsp3) is 0.111. The molecule has 3 rings (SSSR count). The number of halogens is 2. The second-order valence-electron chi connectivity index (χ2n) is 5.67. The number of nitrogens with one attached hydrogen (secondary N) is 2. The summed E-state index contributed by atoms with van der Waals surface area (Å²) in [6.07, 6.45) is 0. The minimum atomic E-state index is -0.444. The topological polar surface area (TPSA) is 88.9 Å². The smallest absolute Gasteiger partial charge is 0.278 e. The summed E-state index contributed by atoms with van der Waals surface area (Å²) in [7, 11) is 0. The predicted molar refractivity (Wildman–Crippen MR) is 107 cm³/mol. The molecule has 27 heavy (non-hydrogen) atoms. The highest BCUT2D eigenvalue weighted by Gasteiger charge is 2.18. The number of hydrogen-bond donors (Lipinski definition) is 2. The SMILES string of the molecule is Cc1c(C(=O)Nc2ccccc2Cl)nnn1CC(=O)Nc1ccc(Br)cc1. The third-order valence-corrected chi connectivity index (χ3v) is 4.60. The molecule has 1 heterocycles. The number of para-hydroxylation sites is 1. The number of amides is 2. The van der Waals surface area contributed by atoms with Crippen molar-refractivity contribution < 1.29 is 9.59 Å². The third kappa shape index (κ3) is 4.72. The average Bonchev–Trinajstić information content (AvgIpc) is 2.99. The highest BCUT2D eigenvalue weighted by Crippen LogP contribution is 2.21. The minimum absolute atomic E-state index is 0.0612. The van der Waals surface area contributed by atoms with E-state index in [-0.39, 0.29) is 18.1 Å². The van der Waals surface area contributed by atoms with Crippen molar-refractivity contribution in [2.24, 2.45) is 0 Å². The Bertz CT molecular complexity index is 988. The fourth-order valence-electron chi connectivity index (χ4n) is 2.33. The summed E-state index contributed by atoms with van der Waals surface area (Å²) in [4.78, 5) is 24.6. The maximum absolute atomic E-state index is 12.4. The minimum Gasteiger partial charge on any atom is -0.324 e. The van der Waals surface area contributed by atoms with Gasteiger partial charge in [0, 0.05) is 10.2 Å². The van der Waals surface area contributed by atoms with E-state index in [1.54, 1.807) is 43.3 Å². The molecule has 0 spiro atoms. The molecular formula is C18H15BrClN5O2. The maximum Gasteiger partial charge on any atom is 0.278 e. The van der Waals surface area contributed by atoms with Gasteiger partial charge in [-0.05, 0) is 43.3 Å².